The molecule has 0 bridgehead atoms. The highest BCUT2D eigenvalue weighted by molar-refractivity contribution is 6.29. The second-order valence-electron chi connectivity index (χ2n) is 2.15. The average molecular weight is 210 g/mol. The number of nitrogens with zero attached hydrogens (tertiary/aromatic N) is 1. The molecule has 2 nitrogen and oxygen atoms in total. The Morgan fingerprint density at radius 3 is 2.62 bits per heavy atom. The molecule has 0 unspecified atom stereocenters. The van der Waals surface area contributed by atoms with Crippen molar-refractivity contribution in [2.75, 3.05) is 0 Å². The lowest BCUT2D eigenvalue weighted by Gasteiger charge is -2.03. The Balaban J connectivity index is 3.32. The normalized spacial score (nSPS) is 10.5. The number of aldehydes is 1. The van der Waals surface area contributed by atoms with Crippen molar-refractivity contribution >= 4 is 17.9 Å². The molecule has 1 rings (SSSR count). The van der Waals surface area contributed by atoms with Crippen LogP contribution in [0, 0.1) is 5.82 Å². The summed E-state index contributed by atoms with van der Waals surface area (Å²) < 4.78 is 36.8. The zero-order chi connectivity index (χ0) is 10.0. The van der Waals surface area contributed by atoms with Crippen LogP contribution in [-0.2, 0) is 0 Å². The molecule has 0 amide bonds. The van der Waals surface area contributed by atoms with Gasteiger partial charge in [0.1, 0.15) is 5.69 Å². The van der Waals surface area contributed by atoms with Crippen LogP contribution in [0.3, 0.4) is 0 Å². The van der Waals surface area contributed by atoms with E-state index in [4.69, 9.17) is 11.6 Å². The lowest BCUT2D eigenvalue weighted by Crippen LogP contribution is -1.99. The van der Waals surface area contributed by atoms with E-state index >= 15 is 0 Å². The first-order valence-corrected chi connectivity index (χ1v) is 3.53. The van der Waals surface area contributed by atoms with Crippen LogP contribution in [0.1, 0.15) is 22.5 Å². The van der Waals surface area contributed by atoms with E-state index in [0.717, 1.165) is 0 Å². The molecule has 0 saturated carbocycles. The lowest BCUT2D eigenvalue weighted by atomic mass is 10.2. The van der Waals surface area contributed by atoms with Gasteiger partial charge in [-0.3, -0.25) is 4.79 Å². The van der Waals surface area contributed by atoms with Crippen LogP contribution in [0.4, 0.5) is 13.2 Å². The molecule has 13 heavy (non-hydrogen) atoms. The van der Waals surface area contributed by atoms with Gasteiger partial charge in [-0.15, -0.1) is 0 Å². The van der Waals surface area contributed by atoms with Gasteiger partial charge < -0.3 is 0 Å². The summed E-state index contributed by atoms with van der Waals surface area (Å²) in [4.78, 5) is 13.4. The minimum absolute atomic E-state index is 0.104. The fraction of sp³-hybridized carbons (Fsp3) is 0.143. The molecule has 0 aliphatic carbocycles. The summed E-state index contributed by atoms with van der Waals surface area (Å²) in [6.45, 7) is 0. The van der Waals surface area contributed by atoms with E-state index in [1.165, 1.54) is 0 Å². The molecule has 0 radical (unpaired) electrons. The molecule has 0 aliphatic heterocycles. The molecular formula is C7H3ClF3NO. The minimum atomic E-state index is -2.94. The van der Waals surface area contributed by atoms with E-state index in [-0.39, 0.29) is 6.29 Å². The molecule has 0 fully saturated rings. The largest absolute Gasteiger partial charge is 0.296 e. The Morgan fingerprint density at radius 1 is 1.54 bits per heavy atom. The Bertz CT molecular complexity index is 343. The summed E-state index contributed by atoms with van der Waals surface area (Å²) in [5.41, 5.74) is -1.29. The molecule has 0 aliphatic rings. The van der Waals surface area contributed by atoms with Gasteiger partial charge in [0.05, 0.1) is 0 Å². The summed E-state index contributed by atoms with van der Waals surface area (Å²) in [5, 5.41) is -0.591. The van der Waals surface area contributed by atoms with Crippen molar-refractivity contribution in [2.45, 2.75) is 6.43 Å². The maximum absolute atomic E-state index is 12.6. The van der Waals surface area contributed by atoms with E-state index in [0.29, 0.717) is 6.07 Å². The van der Waals surface area contributed by atoms with Crippen molar-refractivity contribution in [3.8, 4) is 0 Å². The van der Waals surface area contributed by atoms with Crippen molar-refractivity contribution in [1.82, 2.24) is 4.98 Å². The fourth-order valence-electron chi connectivity index (χ4n) is 0.763. The average Bonchev–Trinajstić information content (AvgIpc) is 2.08. The third-order valence-electron chi connectivity index (χ3n) is 1.34. The minimum Gasteiger partial charge on any atom is -0.296 e. The summed E-state index contributed by atoms with van der Waals surface area (Å²) >= 11 is 5.18. The van der Waals surface area contributed by atoms with Crippen LogP contribution in [0.2, 0.25) is 5.15 Å². The van der Waals surface area contributed by atoms with Crippen molar-refractivity contribution in [1.29, 1.82) is 0 Å². The quantitative estimate of drug-likeness (QED) is 0.554. The molecule has 0 saturated heterocycles. The summed E-state index contributed by atoms with van der Waals surface area (Å²) in [5.74, 6) is -1.07. The fourth-order valence-corrected chi connectivity index (χ4v) is 0.909. The first-order chi connectivity index (χ1) is 6.06. The van der Waals surface area contributed by atoms with E-state index in [1.807, 2.05) is 0 Å². The third kappa shape index (κ3) is 1.98. The van der Waals surface area contributed by atoms with Crippen molar-refractivity contribution in [2.24, 2.45) is 0 Å². The maximum Gasteiger partial charge on any atom is 0.266 e. The highest BCUT2D eigenvalue weighted by Gasteiger charge is 2.17. The summed E-state index contributed by atoms with van der Waals surface area (Å²) in [6, 6.07) is 0.504. The van der Waals surface area contributed by atoms with Gasteiger partial charge in [-0.1, -0.05) is 11.6 Å². The molecule has 0 atom stereocenters. The number of hydrogen-bond donors (Lipinski definition) is 0. The van der Waals surface area contributed by atoms with Gasteiger partial charge in [0, 0.05) is 5.56 Å². The second-order valence-corrected chi connectivity index (χ2v) is 2.51. The van der Waals surface area contributed by atoms with E-state index < -0.39 is 28.7 Å². The number of alkyl halides is 2. The molecule has 70 valence electrons. The van der Waals surface area contributed by atoms with Crippen LogP contribution in [0.5, 0.6) is 0 Å². The van der Waals surface area contributed by atoms with Gasteiger partial charge in [-0.25, -0.2) is 18.2 Å². The van der Waals surface area contributed by atoms with Crippen LogP contribution >= 0.6 is 11.6 Å². The zero-order valence-corrected chi connectivity index (χ0v) is 6.86. The van der Waals surface area contributed by atoms with Gasteiger partial charge in [0.15, 0.2) is 17.3 Å². The molecule has 1 heterocycles. The predicted octanol–water partition coefficient (Wildman–Crippen LogP) is 2.62. The SMILES string of the molecule is O=Cc1nc(Cl)c(F)cc1C(F)F. The predicted molar refractivity (Wildman–Crippen MR) is 39.5 cm³/mol. The topological polar surface area (TPSA) is 30.0 Å². The number of carbonyl (C=O) groups is 1. The summed E-state index contributed by atoms with van der Waals surface area (Å²) in [7, 11) is 0. The van der Waals surface area contributed by atoms with Gasteiger partial charge in [-0.2, -0.15) is 0 Å². The molecule has 6 heteroatoms. The van der Waals surface area contributed by atoms with Gasteiger partial charge in [-0.05, 0) is 6.07 Å². The first-order valence-electron chi connectivity index (χ1n) is 3.15. The van der Waals surface area contributed by atoms with Crippen LogP contribution < -0.4 is 0 Å². The Labute approximate surface area is 76.3 Å². The number of rotatable bonds is 2. The smallest absolute Gasteiger partial charge is 0.266 e. The molecule has 0 aromatic carbocycles. The Hall–Kier alpha value is -1.10. The Kier molecular flexibility index (Phi) is 2.87. The van der Waals surface area contributed by atoms with Crippen LogP contribution in [0.25, 0.3) is 0 Å². The van der Waals surface area contributed by atoms with E-state index in [9.17, 15) is 18.0 Å². The monoisotopic (exact) mass is 209 g/mol. The van der Waals surface area contributed by atoms with E-state index in [2.05, 4.69) is 4.98 Å². The standard InChI is InChI=1S/C7H3ClF3NO/c8-6-4(9)1-3(7(10)11)5(2-13)12-6/h1-2,7H. The second kappa shape index (κ2) is 3.74. The maximum atomic E-state index is 12.6. The van der Waals surface area contributed by atoms with Gasteiger partial charge in [0.2, 0.25) is 0 Å². The van der Waals surface area contributed by atoms with Gasteiger partial charge in [0.25, 0.3) is 6.43 Å². The van der Waals surface area contributed by atoms with Crippen molar-refractivity contribution in [3.63, 3.8) is 0 Å². The molecule has 1 aromatic rings. The van der Waals surface area contributed by atoms with E-state index in [1.54, 1.807) is 0 Å². The first kappa shape index (κ1) is 9.98. The zero-order valence-electron chi connectivity index (χ0n) is 6.10. The highest BCUT2D eigenvalue weighted by atomic mass is 35.5. The number of halogens is 4. The lowest BCUT2D eigenvalue weighted by molar-refractivity contribution is 0.110. The molecule has 0 spiro atoms. The van der Waals surface area contributed by atoms with Crippen LogP contribution in [-0.4, -0.2) is 11.3 Å². The third-order valence-corrected chi connectivity index (χ3v) is 1.61. The molecule has 0 N–H and O–H groups in total. The number of pyridine rings is 1. The van der Waals surface area contributed by atoms with Crippen molar-refractivity contribution < 1.29 is 18.0 Å². The number of aromatic nitrogens is 1. The molecule has 1 aromatic heterocycles. The summed E-state index contributed by atoms with van der Waals surface area (Å²) in [6.07, 6.45) is -2.84. The number of carbonyl (C=O) groups excluding carboxylic acids is 1. The number of hydrogen-bond acceptors (Lipinski definition) is 2. The van der Waals surface area contributed by atoms with Gasteiger partial charge >= 0.3 is 0 Å². The Morgan fingerprint density at radius 2 is 2.15 bits per heavy atom. The highest BCUT2D eigenvalue weighted by Crippen LogP contribution is 2.24. The van der Waals surface area contributed by atoms with Crippen molar-refractivity contribution in [3.05, 3.63) is 28.3 Å². The van der Waals surface area contributed by atoms with Crippen LogP contribution in [0.15, 0.2) is 6.07 Å². The molecular weight excluding hydrogens is 207 g/mol.